The van der Waals surface area contributed by atoms with Crippen LogP contribution >= 0.6 is 11.6 Å². The Morgan fingerprint density at radius 1 is 1.41 bits per heavy atom. The number of nitrogens with one attached hydrogen (secondary N) is 1. The molecule has 1 aromatic rings. The molecule has 0 heterocycles. The van der Waals surface area contributed by atoms with Crippen molar-refractivity contribution in [1.82, 2.24) is 5.32 Å². The van der Waals surface area contributed by atoms with Crippen LogP contribution in [-0.4, -0.2) is 19.8 Å². The largest absolute Gasteiger partial charge is 0.473 e. The van der Waals surface area contributed by atoms with E-state index in [9.17, 15) is 4.79 Å². The molecule has 0 aromatic heterocycles. The first-order valence-corrected chi connectivity index (χ1v) is 5.35. The standard InChI is InChI=1S/C12H14ClNO3/c1-9(15)14-12(7-17-8-16-2)10-3-5-11(13)6-4-10/h3-7H,8H2,1-2H3,(H,14,15)/b12-7+. The van der Waals surface area contributed by atoms with Gasteiger partial charge in [0, 0.05) is 24.6 Å². The van der Waals surface area contributed by atoms with E-state index in [0.29, 0.717) is 10.7 Å². The van der Waals surface area contributed by atoms with Crippen molar-refractivity contribution >= 4 is 23.2 Å². The maximum absolute atomic E-state index is 11.1. The van der Waals surface area contributed by atoms with Crippen LogP contribution in [0.5, 0.6) is 0 Å². The second-order valence-electron chi connectivity index (χ2n) is 3.29. The lowest BCUT2D eigenvalue weighted by Gasteiger charge is -2.09. The lowest BCUT2D eigenvalue weighted by atomic mass is 10.2. The van der Waals surface area contributed by atoms with Gasteiger partial charge < -0.3 is 14.8 Å². The number of benzene rings is 1. The van der Waals surface area contributed by atoms with Crippen molar-refractivity contribution in [2.24, 2.45) is 0 Å². The van der Waals surface area contributed by atoms with E-state index in [0.717, 1.165) is 5.56 Å². The van der Waals surface area contributed by atoms with Crippen LogP contribution in [-0.2, 0) is 14.3 Å². The third kappa shape index (κ3) is 4.89. The van der Waals surface area contributed by atoms with Gasteiger partial charge in [-0.3, -0.25) is 4.79 Å². The first-order chi connectivity index (χ1) is 8.13. The Morgan fingerprint density at radius 2 is 2.06 bits per heavy atom. The summed E-state index contributed by atoms with van der Waals surface area (Å²) in [4.78, 5) is 11.1. The van der Waals surface area contributed by atoms with Gasteiger partial charge in [-0.2, -0.15) is 0 Å². The Balaban J connectivity index is 2.85. The molecule has 0 spiro atoms. The smallest absolute Gasteiger partial charge is 0.221 e. The lowest BCUT2D eigenvalue weighted by Crippen LogP contribution is -2.18. The van der Waals surface area contributed by atoms with Gasteiger partial charge in [0.25, 0.3) is 0 Å². The van der Waals surface area contributed by atoms with Crippen molar-refractivity contribution in [2.75, 3.05) is 13.9 Å². The summed E-state index contributed by atoms with van der Waals surface area (Å²) in [6.07, 6.45) is 1.44. The molecule has 1 N–H and O–H groups in total. The zero-order chi connectivity index (χ0) is 12.7. The fourth-order valence-corrected chi connectivity index (χ4v) is 1.30. The van der Waals surface area contributed by atoms with Gasteiger partial charge in [0.1, 0.15) is 6.26 Å². The van der Waals surface area contributed by atoms with Crippen molar-refractivity contribution in [2.45, 2.75) is 6.92 Å². The van der Waals surface area contributed by atoms with Gasteiger partial charge in [-0.1, -0.05) is 23.7 Å². The van der Waals surface area contributed by atoms with Crippen LogP contribution in [0.25, 0.3) is 5.70 Å². The molecule has 0 aliphatic rings. The van der Waals surface area contributed by atoms with Gasteiger partial charge in [-0.05, 0) is 12.1 Å². The predicted molar refractivity (Wildman–Crippen MR) is 66.2 cm³/mol. The quantitative estimate of drug-likeness (QED) is 0.499. The third-order valence-corrected chi connectivity index (χ3v) is 2.10. The summed E-state index contributed by atoms with van der Waals surface area (Å²) in [6.45, 7) is 1.55. The third-order valence-electron chi connectivity index (χ3n) is 1.85. The molecule has 4 nitrogen and oxygen atoms in total. The monoisotopic (exact) mass is 255 g/mol. The number of hydrogen-bond acceptors (Lipinski definition) is 3. The highest BCUT2D eigenvalue weighted by molar-refractivity contribution is 6.30. The minimum atomic E-state index is -0.174. The summed E-state index contributed by atoms with van der Waals surface area (Å²) in [5.41, 5.74) is 1.37. The van der Waals surface area contributed by atoms with Gasteiger partial charge in [-0.15, -0.1) is 0 Å². The van der Waals surface area contributed by atoms with E-state index in [1.54, 1.807) is 24.3 Å². The number of carbonyl (C=O) groups excluding carboxylic acids is 1. The number of methoxy groups -OCH3 is 1. The van der Waals surface area contributed by atoms with E-state index in [4.69, 9.17) is 21.1 Å². The highest BCUT2D eigenvalue weighted by Crippen LogP contribution is 2.15. The first-order valence-electron chi connectivity index (χ1n) is 4.97. The maximum Gasteiger partial charge on any atom is 0.221 e. The molecule has 0 unspecified atom stereocenters. The Hall–Kier alpha value is -1.52. The average Bonchev–Trinajstić information content (AvgIpc) is 2.28. The van der Waals surface area contributed by atoms with Crippen LogP contribution in [0.15, 0.2) is 30.5 Å². The van der Waals surface area contributed by atoms with E-state index in [1.165, 1.54) is 20.3 Å². The molecular formula is C12H14ClNO3. The van der Waals surface area contributed by atoms with E-state index in [2.05, 4.69) is 5.32 Å². The maximum atomic E-state index is 11.1. The molecule has 0 fully saturated rings. The van der Waals surface area contributed by atoms with Crippen LogP contribution in [0.4, 0.5) is 0 Å². The van der Waals surface area contributed by atoms with Crippen LogP contribution in [0.3, 0.4) is 0 Å². The van der Waals surface area contributed by atoms with Crippen molar-refractivity contribution < 1.29 is 14.3 Å². The van der Waals surface area contributed by atoms with Crippen LogP contribution in [0, 0.1) is 0 Å². The van der Waals surface area contributed by atoms with Crippen molar-refractivity contribution in [3.63, 3.8) is 0 Å². The molecule has 17 heavy (non-hydrogen) atoms. The van der Waals surface area contributed by atoms with Gasteiger partial charge in [0.15, 0.2) is 6.79 Å². The molecule has 92 valence electrons. The van der Waals surface area contributed by atoms with Crippen LogP contribution in [0.2, 0.25) is 5.02 Å². The van der Waals surface area contributed by atoms with Gasteiger partial charge in [-0.25, -0.2) is 0 Å². The predicted octanol–water partition coefficient (Wildman–Crippen LogP) is 2.40. The summed E-state index contributed by atoms with van der Waals surface area (Å²) in [7, 11) is 1.52. The average molecular weight is 256 g/mol. The Morgan fingerprint density at radius 3 is 2.59 bits per heavy atom. The molecule has 0 aliphatic carbocycles. The molecule has 1 amide bonds. The molecule has 1 rings (SSSR count). The molecule has 0 radical (unpaired) electrons. The zero-order valence-electron chi connectivity index (χ0n) is 9.70. The summed E-state index contributed by atoms with van der Waals surface area (Å²) in [5, 5.41) is 3.31. The highest BCUT2D eigenvalue weighted by atomic mass is 35.5. The fraction of sp³-hybridized carbons (Fsp3) is 0.250. The zero-order valence-corrected chi connectivity index (χ0v) is 10.5. The Labute approximate surface area is 105 Å². The van der Waals surface area contributed by atoms with E-state index < -0.39 is 0 Å². The summed E-state index contributed by atoms with van der Waals surface area (Å²) in [5.74, 6) is -0.174. The van der Waals surface area contributed by atoms with E-state index in [-0.39, 0.29) is 12.7 Å². The topological polar surface area (TPSA) is 47.6 Å². The number of ether oxygens (including phenoxy) is 2. The molecule has 0 atom stereocenters. The summed E-state index contributed by atoms with van der Waals surface area (Å²) >= 11 is 5.79. The van der Waals surface area contributed by atoms with Crippen molar-refractivity contribution in [3.8, 4) is 0 Å². The van der Waals surface area contributed by atoms with Gasteiger partial charge >= 0.3 is 0 Å². The van der Waals surface area contributed by atoms with Gasteiger partial charge in [0.2, 0.25) is 5.91 Å². The first kappa shape index (κ1) is 13.5. The number of amides is 1. The fourth-order valence-electron chi connectivity index (χ4n) is 1.17. The molecule has 1 aromatic carbocycles. The Bertz CT molecular complexity index is 401. The normalized spacial score (nSPS) is 11.1. The summed E-state index contributed by atoms with van der Waals surface area (Å²) in [6, 6.07) is 7.06. The number of hydrogen-bond donors (Lipinski definition) is 1. The number of rotatable bonds is 5. The molecule has 0 saturated heterocycles. The second-order valence-corrected chi connectivity index (χ2v) is 3.73. The lowest BCUT2D eigenvalue weighted by molar-refractivity contribution is -0.117. The Kier molecular flexibility index (Phi) is 5.52. The molecule has 0 bridgehead atoms. The second kappa shape index (κ2) is 6.93. The van der Waals surface area contributed by atoms with Crippen LogP contribution in [0.1, 0.15) is 12.5 Å². The van der Waals surface area contributed by atoms with E-state index in [1.807, 2.05) is 0 Å². The highest BCUT2D eigenvalue weighted by Gasteiger charge is 2.04. The molecular weight excluding hydrogens is 242 g/mol. The molecule has 0 saturated carbocycles. The minimum absolute atomic E-state index is 0.122. The van der Waals surface area contributed by atoms with Gasteiger partial charge in [0.05, 0.1) is 5.70 Å². The SMILES string of the molecule is COCO/C=C(/NC(C)=O)c1ccc(Cl)cc1. The van der Waals surface area contributed by atoms with Crippen LogP contribution < -0.4 is 5.32 Å². The van der Waals surface area contributed by atoms with Crippen molar-refractivity contribution in [1.29, 1.82) is 0 Å². The van der Waals surface area contributed by atoms with Crippen molar-refractivity contribution in [3.05, 3.63) is 41.1 Å². The number of halogens is 1. The number of carbonyl (C=O) groups is 1. The summed E-state index contributed by atoms with van der Waals surface area (Å²) < 4.78 is 9.85. The minimum Gasteiger partial charge on any atom is -0.473 e. The van der Waals surface area contributed by atoms with E-state index >= 15 is 0 Å². The molecule has 0 aliphatic heterocycles. The molecule has 5 heteroatoms.